The molecule has 0 amide bonds. The van der Waals surface area contributed by atoms with E-state index >= 15 is 0 Å². The highest BCUT2D eigenvalue weighted by atomic mass is 19.4. The summed E-state index contributed by atoms with van der Waals surface area (Å²) in [6.07, 6.45) is -12.5. The van der Waals surface area contributed by atoms with Crippen LogP contribution in [-0.4, -0.2) is 19.6 Å². The van der Waals surface area contributed by atoms with Crippen LogP contribution in [0.15, 0.2) is 48.8 Å². The second kappa shape index (κ2) is 8.43. The number of benzene rings is 1. The number of nitrogens with zero attached hydrogens (tertiary/aromatic N) is 4. The van der Waals surface area contributed by atoms with E-state index in [0.29, 0.717) is 28.8 Å². The minimum Gasteiger partial charge on any atom is -0.383 e. The summed E-state index contributed by atoms with van der Waals surface area (Å²) in [6.45, 7) is 0. The Morgan fingerprint density at radius 1 is 0.778 bits per heavy atom. The molecule has 0 bridgehead atoms. The van der Waals surface area contributed by atoms with E-state index < -0.39 is 46.8 Å². The Morgan fingerprint density at radius 3 is 2.03 bits per heavy atom. The first-order valence-electron chi connectivity index (χ1n) is 9.63. The largest absolute Gasteiger partial charge is 0.433 e. The highest BCUT2D eigenvalue weighted by Gasteiger charge is 2.36. The topological polar surface area (TPSA) is 69.1 Å². The Kier molecular flexibility index (Phi) is 5.82. The van der Waals surface area contributed by atoms with E-state index in [-0.39, 0.29) is 22.4 Å². The number of alkyl halides is 9. The summed E-state index contributed by atoms with van der Waals surface area (Å²) in [7, 11) is 0. The molecule has 0 aliphatic rings. The van der Waals surface area contributed by atoms with Crippen LogP contribution in [0.4, 0.5) is 45.3 Å². The van der Waals surface area contributed by atoms with Crippen molar-refractivity contribution >= 4 is 11.5 Å². The summed E-state index contributed by atoms with van der Waals surface area (Å²) in [5, 5.41) is 3.62. The fourth-order valence-electron chi connectivity index (χ4n) is 3.14. The monoisotopic (exact) mass is 515 g/mol. The van der Waals surface area contributed by atoms with Gasteiger partial charge < -0.3 is 5.73 Å². The standard InChI is InChI=1S/C22H10F9N5/c23-20(24,25)14-5-3-12(4-6-14)16-8-17(22(29,30)31)36-19(35-16)13(10-34-36)2-1-11-7-15(21(26,27)28)18(32)33-9-11/h3-10H,(H2,32,33). The predicted octanol–water partition coefficient (Wildman–Crippen LogP) is 5.83. The highest BCUT2D eigenvalue weighted by molar-refractivity contribution is 5.67. The van der Waals surface area contributed by atoms with Crippen molar-refractivity contribution < 1.29 is 39.5 Å². The van der Waals surface area contributed by atoms with Gasteiger partial charge in [0.15, 0.2) is 11.3 Å². The van der Waals surface area contributed by atoms with E-state index in [2.05, 4.69) is 26.9 Å². The maximum Gasteiger partial charge on any atom is 0.433 e. The van der Waals surface area contributed by atoms with Crippen LogP contribution < -0.4 is 5.73 Å². The van der Waals surface area contributed by atoms with Gasteiger partial charge in [0.1, 0.15) is 5.82 Å². The lowest BCUT2D eigenvalue weighted by Crippen LogP contribution is -2.13. The van der Waals surface area contributed by atoms with E-state index in [1.54, 1.807) is 0 Å². The van der Waals surface area contributed by atoms with Gasteiger partial charge in [-0.25, -0.2) is 14.5 Å². The van der Waals surface area contributed by atoms with Gasteiger partial charge in [0, 0.05) is 17.3 Å². The molecule has 3 heterocycles. The number of hydrogen-bond donors (Lipinski definition) is 1. The third-order valence-electron chi connectivity index (χ3n) is 4.84. The van der Waals surface area contributed by atoms with Crippen LogP contribution in [0.3, 0.4) is 0 Å². The van der Waals surface area contributed by atoms with Crippen LogP contribution in [0, 0.1) is 11.8 Å². The lowest BCUT2D eigenvalue weighted by Gasteiger charge is -2.12. The first-order chi connectivity index (χ1) is 16.6. The van der Waals surface area contributed by atoms with Gasteiger partial charge in [-0.2, -0.15) is 44.6 Å². The Bertz CT molecular complexity index is 1500. The lowest BCUT2D eigenvalue weighted by atomic mass is 10.1. The van der Waals surface area contributed by atoms with Crippen molar-refractivity contribution in [2.24, 2.45) is 0 Å². The molecule has 0 fully saturated rings. The van der Waals surface area contributed by atoms with Crippen LogP contribution >= 0.6 is 0 Å². The molecule has 186 valence electrons. The maximum absolute atomic E-state index is 13.7. The molecule has 0 atom stereocenters. The Morgan fingerprint density at radius 2 is 1.44 bits per heavy atom. The van der Waals surface area contributed by atoms with Gasteiger partial charge in [-0.1, -0.05) is 24.0 Å². The summed E-state index contributed by atoms with van der Waals surface area (Å²) < 4.78 is 119. The third kappa shape index (κ3) is 4.90. The number of rotatable bonds is 1. The summed E-state index contributed by atoms with van der Waals surface area (Å²) in [5.74, 6) is 3.98. The Balaban J connectivity index is 1.84. The second-order valence-corrected chi connectivity index (χ2v) is 7.30. The molecular weight excluding hydrogens is 505 g/mol. The number of halogens is 9. The van der Waals surface area contributed by atoms with Gasteiger partial charge in [0.2, 0.25) is 0 Å². The van der Waals surface area contributed by atoms with Crippen LogP contribution in [0.2, 0.25) is 0 Å². The summed E-state index contributed by atoms with van der Waals surface area (Å²) >= 11 is 0. The maximum atomic E-state index is 13.7. The molecule has 4 aromatic rings. The molecule has 0 aliphatic heterocycles. The summed E-state index contributed by atoms with van der Waals surface area (Å²) in [6, 6.07) is 4.54. The number of hydrogen-bond acceptors (Lipinski definition) is 4. The van der Waals surface area contributed by atoms with Crippen molar-refractivity contribution in [3.63, 3.8) is 0 Å². The van der Waals surface area contributed by atoms with E-state index in [1.165, 1.54) is 0 Å². The minimum atomic E-state index is -4.93. The number of nitrogen functional groups attached to an aromatic ring is 1. The van der Waals surface area contributed by atoms with Crippen LogP contribution in [0.25, 0.3) is 16.9 Å². The molecule has 2 N–H and O–H groups in total. The zero-order chi connectivity index (χ0) is 26.5. The second-order valence-electron chi connectivity index (χ2n) is 7.30. The van der Waals surface area contributed by atoms with E-state index in [0.717, 1.165) is 24.5 Å². The first-order valence-corrected chi connectivity index (χ1v) is 9.63. The molecular formula is C22H10F9N5. The number of aromatic nitrogens is 4. The van der Waals surface area contributed by atoms with Gasteiger partial charge in [-0.15, -0.1) is 0 Å². The van der Waals surface area contributed by atoms with Crippen LogP contribution in [-0.2, 0) is 18.5 Å². The Hall–Kier alpha value is -4.28. The summed E-state index contributed by atoms with van der Waals surface area (Å²) in [5.41, 5.74) is 0.510. The van der Waals surface area contributed by atoms with Crippen molar-refractivity contribution in [2.45, 2.75) is 18.5 Å². The normalized spacial score (nSPS) is 12.5. The van der Waals surface area contributed by atoms with Crippen molar-refractivity contribution in [2.75, 3.05) is 5.73 Å². The third-order valence-corrected chi connectivity index (χ3v) is 4.84. The molecule has 14 heteroatoms. The van der Waals surface area contributed by atoms with Gasteiger partial charge in [0.25, 0.3) is 0 Å². The number of pyridine rings is 1. The zero-order valence-corrected chi connectivity index (χ0v) is 17.4. The molecule has 0 spiro atoms. The zero-order valence-electron chi connectivity index (χ0n) is 17.4. The quantitative estimate of drug-likeness (QED) is 0.256. The van der Waals surface area contributed by atoms with Crippen molar-refractivity contribution in [3.8, 4) is 23.1 Å². The predicted molar refractivity (Wildman–Crippen MR) is 108 cm³/mol. The smallest absolute Gasteiger partial charge is 0.383 e. The number of fused-ring (bicyclic) bond motifs is 1. The fourth-order valence-corrected chi connectivity index (χ4v) is 3.14. The van der Waals surface area contributed by atoms with Gasteiger partial charge in [0.05, 0.1) is 28.6 Å². The van der Waals surface area contributed by atoms with Crippen molar-refractivity contribution in [1.29, 1.82) is 0 Å². The molecule has 5 nitrogen and oxygen atoms in total. The number of anilines is 1. The molecule has 0 saturated heterocycles. The van der Waals surface area contributed by atoms with Gasteiger partial charge in [-0.05, 0) is 24.3 Å². The molecule has 36 heavy (non-hydrogen) atoms. The molecule has 0 aliphatic carbocycles. The average Bonchev–Trinajstić information content (AvgIpc) is 3.19. The van der Waals surface area contributed by atoms with E-state index in [9.17, 15) is 39.5 Å². The van der Waals surface area contributed by atoms with E-state index in [1.807, 2.05) is 0 Å². The fraction of sp³-hybridized carbons (Fsp3) is 0.136. The van der Waals surface area contributed by atoms with Gasteiger partial charge >= 0.3 is 18.5 Å². The molecule has 1 aromatic carbocycles. The van der Waals surface area contributed by atoms with Crippen LogP contribution in [0.1, 0.15) is 27.9 Å². The molecule has 3 aromatic heterocycles. The molecule has 0 saturated carbocycles. The summed E-state index contributed by atoms with van der Waals surface area (Å²) in [4.78, 5) is 7.48. The molecule has 4 rings (SSSR count). The first kappa shape index (κ1) is 24.8. The average molecular weight is 515 g/mol. The minimum absolute atomic E-state index is 0.0475. The highest BCUT2D eigenvalue weighted by Crippen LogP contribution is 2.35. The lowest BCUT2D eigenvalue weighted by molar-refractivity contribution is -0.142. The number of nitrogens with two attached hydrogens (primary N) is 1. The van der Waals surface area contributed by atoms with Crippen molar-refractivity contribution in [3.05, 3.63) is 76.7 Å². The van der Waals surface area contributed by atoms with Crippen molar-refractivity contribution in [1.82, 2.24) is 19.6 Å². The van der Waals surface area contributed by atoms with Crippen LogP contribution in [0.5, 0.6) is 0 Å². The van der Waals surface area contributed by atoms with Gasteiger partial charge in [-0.3, -0.25) is 0 Å². The molecule has 0 unspecified atom stereocenters. The van der Waals surface area contributed by atoms with E-state index in [4.69, 9.17) is 5.73 Å². The Labute approximate surface area is 195 Å². The SMILES string of the molecule is Nc1ncc(C#Cc2cnn3c(C(F)(F)F)cc(-c4ccc(C(F)(F)F)cc4)nc23)cc1C(F)(F)F. The molecule has 0 radical (unpaired) electrons.